The smallest absolute Gasteiger partial charge is 0.238 e. The molecule has 0 saturated carbocycles. The van der Waals surface area contributed by atoms with E-state index in [2.05, 4.69) is 16.0 Å². The molecular formula is C9H10N4O5-2. The highest BCUT2D eigenvalue weighted by Crippen LogP contribution is 2.11. The number of hydrazine groups is 1. The second kappa shape index (κ2) is 5.66. The number of aromatic nitrogens is 2. The van der Waals surface area contributed by atoms with Gasteiger partial charge in [-0.1, -0.05) is 0 Å². The molecule has 0 aliphatic rings. The average molecular weight is 254 g/mol. The van der Waals surface area contributed by atoms with Crippen LogP contribution in [-0.2, 0) is 16.6 Å². The molecule has 1 aromatic heterocycles. The second-order valence-electron chi connectivity index (χ2n) is 3.36. The van der Waals surface area contributed by atoms with E-state index in [1.807, 2.05) is 0 Å². The lowest BCUT2D eigenvalue weighted by Crippen LogP contribution is -2.33. The lowest BCUT2D eigenvalue weighted by Gasteiger charge is -2.11. The Hall–Kier alpha value is -2.58. The quantitative estimate of drug-likeness (QED) is 0.508. The van der Waals surface area contributed by atoms with Crippen molar-refractivity contribution in [3.05, 3.63) is 11.8 Å². The third-order valence-electron chi connectivity index (χ3n) is 2.04. The van der Waals surface area contributed by atoms with E-state index < -0.39 is 24.3 Å². The molecule has 0 radical (unpaired) electrons. The molecule has 9 heteroatoms. The zero-order valence-corrected chi connectivity index (χ0v) is 9.43. The van der Waals surface area contributed by atoms with Gasteiger partial charge in [-0.05, 0) is 6.42 Å². The number of nitrogens with zero attached hydrogens (tertiary/aromatic N) is 2. The van der Waals surface area contributed by atoms with Crippen LogP contribution in [0.1, 0.15) is 23.2 Å². The molecule has 0 spiro atoms. The van der Waals surface area contributed by atoms with E-state index >= 15 is 0 Å². The fourth-order valence-electron chi connectivity index (χ4n) is 1.14. The SMILES string of the molecule is Cn1ncc(C(=O)[O-])c1NNC(=O)CCC(=O)[O-]. The number of nitrogens with one attached hydrogen (secondary N) is 2. The third kappa shape index (κ3) is 3.47. The monoisotopic (exact) mass is 254 g/mol. The van der Waals surface area contributed by atoms with Crippen LogP contribution in [0.25, 0.3) is 0 Å². The van der Waals surface area contributed by atoms with Crippen LogP contribution >= 0.6 is 0 Å². The van der Waals surface area contributed by atoms with Crippen LogP contribution in [0, 0.1) is 0 Å². The summed E-state index contributed by atoms with van der Waals surface area (Å²) in [7, 11) is 1.46. The molecule has 1 heterocycles. The van der Waals surface area contributed by atoms with Gasteiger partial charge in [0.1, 0.15) is 0 Å². The summed E-state index contributed by atoms with van der Waals surface area (Å²) in [4.78, 5) is 32.0. The lowest BCUT2D eigenvalue weighted by atomic mass is 10.3. The molecular weight excluding hydrogens is 244 g/mol. The van der Waals surface area contributed by atoms with Crippen LogP contribution < -0.4 is 21.1 Å². The highest BCUT2D eigenvalue weighted by Gasteiger charge is 2.10. The summed E-state index contributed by atoms with van der Waals surface area (Å²) < 4.78 is 1.18. The number of carboxylic acids is 2. The number of carboxylic acid groups (broad SMARTS) is 2. The van der Waals surface area contributed by atoms with Gasteiger partial charge in [0.25, 0.3) is 0 Å². The number of carbonyl (C=O) groups is 3. The Balaban J connectivity index is 2.58. The molecule has 1 aromatic rings. The molecule has 98 valence electrons. The van der Waals surface area contributed by atoms with Crippen molar-refractivity contribution in [2.75, 3.05) is 5.43 Å². The van der Waals surface area contributed by atoms with Crippen LogP contribution in [0.2, 0.25) is 0 Å². The number of aryl methyl sites for hydroxylation is 1. The van der Waals surface area contributed by atoms with E-state index in [9.17, 15) is 24.6 Å². The van der Waals surface area contributed by atoms with Crippen molar-refractivity contribution in [2.45, 2.75) is 12.8 Å². The second-order valence-corrected chi connectivity index (χ2v) is 3.36. The summed E-state index contributed by atoms with van der Waals surface area (Å²) in [5.41, 5.74) is 4.25. The van der Waals surface area contributed by atoms with Gasteiger partial charge < -0.3 is 19.8 Å². The number of carbonyl (C=O) groups excluding carboxylic acids is 3. The van der Waals surface area contributed by atoms with Crippen molar-refractivity contribution in [1.82, 2.24) is 15.2 Å². The van der Waals surface area contributed by atoms with Crippen LogP contribution in [0.3, 0.4) is 0 Å². The Morgan fingerprint density at radius 2 is 2.00 bits per heavy atom. The minimum atomic E-state index is -1.45. The van der Waals surface area contributed by atoms with Crippen molar-refractivity contribution >= 4 is 23.7 Å². The largest absolute Gasteiger partial charge is 0.550 e. The Bertz CT molecular complexity index is 481. The van der Waals surface area contributed by atoms with Crippen molar-refractivity contribution in [2.24, 2.45) is 7.05 Å². The zero-order valence-electron chi connectivity index (χ0n) is 9.43. The van der Waals surface area contributed by atoms with Gasteiger partial charge >= 0.3 is 0 Å². The molecule has 0 bridgehead atoms. The minimum Gasteiger partial charge on any atom is -0.550 e. The maximum atomic E-state index is 11.2. The normalized spacial score (nSPS) is 9.83. The topological polar surface area (TPSA) is 139 Å². The number of amides is 1. The first kappa shape index (κ1) is 13.5. The number of hydrogen-bond acceptors (Lipinski definition) is 7. The van der Waals surface area contributed by atoms with E-state index in [4.69, 9.17) is 0 Å². The number of anilines is 1. The summed E-state index contributed by atoms with van der Waals surface area (Å²) in [5.74, 6) is -3.39. The minimum absolute atomic E-state index is 0.0248. The molecule has 0 unspecified atom stereocenters. The molecule has 0 saturated heterocycles. The Kier molecular flexibility index (Phi) is 4.24. The van der Waals surface area contributed by atoms with E-state index in [-0.39, 0.29) is 17.8 Å². The lowest BCUT2D eigenvalue weighted by molar-refractivity contribution is -0.305. The van der Waals surface area contributed by atoms with Crippen molar-refractivity contribution in [3.8, 4) is 0 Å². The number of rotatable bonds is 6. The molecule has 18 heavy (non-hydrogen) atoms. The van der Waals surface area contributed by atoms with Gasteiger partial charge in [-0.25, -0.2) is 0 Å². The van der Waals surface area contributed by atoms with E-state index in [1.54, 1.807) is 0 Å². The first-order chi connectivity index (χ1) is 8.41. The van der Waals surface area contributed by atoms with Crippen molar-refractivity contribution in [3.63, 3.8) is 0 Å². The van der Waals surface area contributed by atoms with Gasteiger partial charge in [-0.15, -0.1) is 0 Å². The van der Waals surface area contributed by atoms with Gasteiger partial charge in [-0.2, -0.15) is 5.10 Å². The third-order valence-corrected chi connectivity index (χ3v) is 2.04. The van der Waals surface area contributed by atoms with Crippen LogP contribution in [-0.4, -0.2) is 27.6 Å². The zero-order chi connectivity index (χ0) is 13.7. The highest BCUT2D eigenvalue weighted by atomic mass is 16.4. The van der Waals surface area contributed by atoms with Gasteiger partial charge in [0.2, 0.25) is 5.91 Å². The van der Waals surface area contributed by atoms with Gasteiger partial charge in [0.15, 0.2) is 5.82 Å². The molecule has 1 amide bonds. The fourth-order valence-corrected chi connectivity index (χ4v) is 1.14. The molecule has 9 nitrogen and oxygen atoms in total. The summed E-state index contributed by atoms with van der Waals surface area (Å²) in [6.45, 7) is 0. The highest BCUT2D eigenvalue weighted by molar-refractivity contribution is 5.92. The van der Waals surface area contributed by atoms with Crippen LogP contribution in [0.4, 0.5) is 5.82 Å². The standard InChI is InChI=1S/C9H12N4O5/c1-13-8(5(4-10-13)9(17)18)12-11-6(14)2-3-7(15)16/h4,12H,2-3H2,1H3,(H,11,14)(H,15,16)(H,17,18)/p-2. The molecule has 2 N–H and O–H groups in total. The first-order valence-electron chi connectivity index (χ1n) is 4.90. The molecule has 0 atom stereocenters. The van der Waals surface area contributed by atoms with E-state index in [1.165, 1.54) is 11.7 Å². The van der Waals surface area contributed by atoms with E-state index in [0.29, 0.717) is 0 Å². The summed E-state index contributed by atoms with van der Waals surface area (Å²) in [5, 5.41) is 24.5. The Morgan fingerprint density at radius 3 is 2.56 bits per heavy atom. The predicted octanol–water partition coefficient (Wildman–Crippen LogP) is -3.24. The van der Waals surface area contributed by atoms with E-state index in [0.717, 1.165) is 6.20 Å². The fraction of sp³-hybridized carbons (Fsp3) is 0.333. The molecule has 0 fully saturated rings. The van der Waals surface area contributed by atoms with Crippen LogP contribution in [0.15, 0.2) is 6.20 Å². The van der Waals surface area contributed by atoms with Crippen LogP contribution in [0.5, 0.6) is 0 Å². The maximum absolute atomic E-state index is 11.2. The van der Waals surface area contributed by atoms with Gasteiger partial charge in [-0.3, -0.25) is 20.3 Å². The number of hydrogen-bond donors (Lipinski definition) is 2. The molecule has 1 rings (SSSR count). The molecule has 0 aliphatic carbocycles. The van der Waals surface area contributed by atoms with Crippen molar-refractivity contribution in [1.29, 1.82) is 0 Å². The Labute approximate surface area is 101 Å². The average Bonchev–Trinajstić information content (AvgIpc) is 2.65. The number of aliphatic carboxylic acids is 1. The summed E-state index contributed by atoms with van der Waals surface area (Å²) in [6.07, 6.45) is 0.352. The predicted molar refractivity (Wildman–Crippen MR) is 53.5 cm³/mol. The Morgan fingerprint density at radius 1 is 1.33 bits per heavy atom. The molecule has 0 aromatic carbocycles. The van der Waals surface area contributed by atoms with Crippen molar-refractivity contribution < 1.29 is 24.6 Å². The maximum Gasteiger partial charge on any atom is 0.238 e. The van der Waals surface area contributed by atoms with Gasteiger partial charge in [0, 0.05) is 19.4 Å². The summed E-state index contributed by atoms with van der Waals surface area (Å²) >= 11 is 0. The molecule has 0 aliphatic heterocycles. The summed E-state index contributed by atoms with van der Waals surface area (Å²) in [6, 6.07) is 0. The number of aromatic carboxylic acids is 1. The van der Waals surface area contributed by atoms with Gasteiger partial charge in [0.05, 0.1) is 17.7 Å². The first-order valence-corrected chi connectivity index (χ1v) is 4.90.